The minimum Gasteiger partial charge on any atom is -0.492 e. The fourth-order valence-electron chi connectivity index (χ4n) is 1.04. The molecule has 0 radical (unpaired) electrons. The van der Waals surface area contributed by atoms with E-state index in [0.717, 1.165) is 28.0 Å². The van der Waals surface area contributed by atoms with Gasteiger partial charge in [0.1, 0.15) is 5.75 Å². The van der Waals surface area contributed by atoms with Crippen molar-refractivity contribution in [3.8, 4) is 5.75 Å². The molecule has 0 bridgehead atoms. The number of benzene rings is 1. The highest BCUT2D eigenvalue weighted by Gasteiger charge is 2.01. The van der Waals surface area contributed by atoms with Crippen LogP contribution in [0.5, 0.6) is 5.75 Å². The third-order valence-corrected chi connectivity index (χ3v) is 2.75. The van der Waals surface area contributed by atoms with Gasteiger partial charge in [-0.25, -0.2) is 0 Å². The van der Waals surface area contributed by atoms with Crippen LogP contribution in [0.1, 0.15) is 20.3 Å². The molecule has 1 rings (SSSR count). The molecule has 78 valence electrons. The van der Waals surface area contributed by atoms with E-state index < -0.39 is 0 Å². The molecule has 0 heterocycles. The van der Waals surface area contributed by atoms with Gasteiger partial charge in [0.2, 0.25) is 0 Å². The lowest BCUT2D eigenvalue weighted by Gasteiger charge is -2.09. The Morgan fingerprint density at radius 2 is 2.14 bits per heavy atom. The third-order valence-electron chi connectivity index (χ3n) is 1.91. The van der Waals surface area contributed by atoms with E-state index in [1.165, 1.54) is 0 Å². The maximum Gasteiger partial charge on any atom is 0.132 e. The summed E-state index contributed by atoms with van der Waals surface area (Å²) in [6.07, 6.45) is 1.08. The molecule has 0 spiro atoms. The maximum atomic E-state index is 5.64. The van der Waals surface area contributed by atoms with Crippen LogP contribution in [-0.2, 0) is 0 Å². The molecule has 0 saturated carbocycles. The predicted molar refractivity (Wildman–Crippen MR) is 68.5 cm³/mol. The molecule has 0 aliphatic rings. The van der Waals surface area contributed by atoms with E-state index in [-0.39, 0.29) is 0 Å². The molecule has 0 unspecified atom stereocenters. The summed E-state index contributed by atoms with van der Waals surface area (Å²) < 4.78 is 6.71. The number of rotatable bonds is 4. The summed E-state index contributed by atoms with van der Waals surface area (Å²) in [5, 5.41) is 0. The lowest BCUT2D eigenvalue weighted by atomic mass is 10.1. The molecule has 0 aromatic heterocycles. The Balaban J connectivity index is 2.51. The van der Waals surface area contributed by atoms with Gasteiger partial charge in [-0.1, -0.05) is 13.8 Å². The van der Waals surface area contributed by atoms with Crippen molar-refractivity contribution in [2.45, 2.75) is 20.3 Å². The first-order valence-corrected chi connectivity index (χ1v) is 5.85. The average Bonchev–Trinajstić information content (AvgIpc) is 2.08. The molecule has 2 nitrogen and oxygen atoms in total. The molecule has 1 aromatic rings. The second kappa shape index (κ2) is 5.44. The van der Waals surface area contributed by atoms with Gasteiger partial charge in [-0.2, -0.15) is 0 Å². The molecule has 0 aliphatic carbocycles. The normalized spacial score (nSPS) is 10.6. The summed E-state index contributed by atoms with van der Waals surface area (Å²) in [6.45, 7) is 5.16. The molecular formula is C11H16INO. The first-order valence-electron chi connectivity index (χ1n) is 4.77. The maximum absolute atomic E-state index is 5.64. The van der Waals surface area contributed by atoms with Gasteiger partial charge in [-0.15, -0.1) is 0 Å². The highest BCUT2D eigenvalue weighted by atomic mass is 127. The van der Waals surface area contributed by atoms with Crippen LogP contribution in [0.3, 0.4) is 0 Å². The van der Waals surface area contributed by atoms with E-state index in [4.69, 9.17) is 10.5 Å². The van der Waals surface area contributed by atoms with Gasteiger partial charge in [0, 0.05) is 5.69 Å². The van der Waals surface area contributed by atoms with Gasteiger partial charge in [-0.05, 0) is 53.1 Å². The zero-order valence-electron chi connectivity index (χ0n) is 8.59. The average molecular weight is 305 g/mol. The van der Waals surface area contributed by atoms with E-state index in [0.29, 0.717) is 5.92 Å². The van der Waals surface area contributed by atoms with Gasteiger partial charge in [-0.3, -0.25) is 0 Å². The number of halogens is 1. The molecule has 0 fully saturated rings. The Kier molecular flexibility index (Phi) is 4.51. The number of hydrogen-bond donors (Lipinski definition) is 1. The number of hydrogen-bond acceptors (Lipinski definition) is 2. The van der Waals surface area contributed by atoms with Crippen molar-refractivity contribution in [1.82, 2.24) is 0 Å². The fourth-order valence-corrected chi connectivity index (χ4v) is 1.73. The lowest BCUT2D eigenvalue weighted by molar-refractivity contribution is 0.288. The van der Waals surface area contributed by atoms with Crippen LogP contribution in [0, 0.1) is 9.49 Å². The SMILES string of the molecule is CC(C)CCOc1ccc(N)cc1I. The van der Waals surface area contributed by atoms with Gasteiger partial charge >= 0.3 is 0 Å². The molecule has 3 heteroatoms. The largest absolute Gasteiger partial charge is 0.492 e. The Morgan fingerprint density at radius 1 is 1.43 bits per heavy atom. The fraction of sp³-hybridized carbons (Fsp3) is 0.455. The standard InChI is InChI=1S/C11H16INO/c1-8(2)5-6-14-11-4-3-9(13)7-10(11)12/h3-4,7-8H,5-6,13H2,1-2H3. The second-order valence-corrected chi connectivity index (χ2v) is 4.88. The summed E-state index contributed by atoms with van der Waals surface area (Å²) in [6, 6.07) is 5.72. The quantitative estimate of drug-likeness (QED) is 0.684. The minimum atomic E-state index is 0.682. The van der Waals surface area contributed by atoms with Crippen LogP contribution >= 0.6 is 22.6 Å². The Morgan fingerprint density at radius 3 is 2.71 bits per heavy atom. The van der Waals surface area contributed by atoms with Gasteiger partial charge in [0.25, 0.3) is 0 Å². The van der Waals surface area contributed by atoms with E-state index >= 15 is 0 Å². The number of ether oxygens (including phenoxy) is 1. The van der Waals surface area contributed by atoms with Crippen LogP contribution < -0.4 is 10.5 Å². The Hall–Kier alpha value is -0.450. The molecule has 0 amide bonds. The van der Waals surface area contributed by atoms with Crippen LogP contribution in [0.25, 0.3) is 0 Å². The first-order chi connectivity index (χ1) is 6.59. The summed E-state index contributed by atoms with van der Waals surface area (Å²) in [7, 11) is 0. The zero-order chi connectivity index (χ0) is 10.6. The molecule has 1 aromatic carbocycles. The molecule has 2 N–H and O–H groups in total. The van der Waals surface area contributed by atoms with E-state index in [9.17, 15) is 0 Å². The Bertz CT molecular complexity index is 299. The highest BCUT2D eigenvalue weighted by molar-refractivity contribution is 14.1. The molecular weight excluding hydrogens is 289 g/mol. The van der Waals surface area contributed by atoms with Crippen molar-refractivity contribution in [1.29, 1.82) is 0 Å². The molecule has 0 atom stereocenters. The van der Waals surface area contributed by atoms with Crippen molar-refractivity contribution in [3.05, 3.63) is 21.8 Å². The van der Waals surface area contributed by atoms with Crippen molar-refractivity contribution in [3.63, 3.8) is 0 Å². The predicted octanol–water partition coefficient (Wildman–Crippen LogP) is 3.30. The Labute approximate surface area is 99.0 Å². The van der Waals surface area contributed by atoms with Crippen LogP contribution in [-0.4, -0.2) is 6.61 Å². The third kappa shape index (κ3) is 3.74. The summed E-state index contributed by atoms with van der Waals surface area (Å²) >= 11 is 2.24. The number of nitrogen functional groups attached to an aromatic ring is 1. The zero-order valence-corrected chi connectivity index (χ0v) is 10.7. The minimum absolute atomic E-state index is 0.682. The summed E-state index contributed by atoms with van der Waals surface area (Å²) in [5.74, 6) is 1.61. The van der Waals surface area contributed by atoms with E-state index in [1.807, 2.05) is 18.2 Å². The van der Waals surface area contributed by atoms with Crippen molar-refractivity contribution >= 4 is 28.3 Å². The topological polar surface area (TPSA) is 35.2 Å². The number of nitrogens with two attached hydrogens (primary N) is 1. The molecule has 0 saturated heterocycles. The van der Waals surface area contributed by atoms with Crippen molar-refractivity contribution in [2.24, 2.45) is 5.92 Å². The van der Waals surface area contributed by atoms with E-state index in [1.54, 1.807) is 0 Å². The summed E-state index contributed by atoms with van der Waals surface area (Å²) in [4.78, 5) is 0. The van der Waals surface area contributed by atoms with E-state index in [2.05, 4.69) is 36.4 Å². The lowest BCUT2D eigenvalue weighted by Crippen LogP contribution is -2.02. The van der Waals surface area contributed by atoms with Crippen LogP contribution in [0.4, 0.5) is 5.69 Å². The highest BCUT2D eigenvalue weighted by Crippen LogP contribution is 2.23. The summed E-state index contributed by atoms with van der Waals surface area (Å²) in [5.41, 5.74) is 6.43. The van der Waals surface area contributed by atoms with Crippen LogP contribution in [0.2, 0.25) is 0 Å². The molecule has 14 heavy (non-hydrogen) atoms. The van der Waals surface area contributed by atoms with Crippen LogP contribution in [0.15, 0.2) is 18.2 Å². The first kappa shape index (κ1) is 11.6. The van der Waals surface area contributed by atoms with Gasteiger partial charge < -0.3 is 10.5 Å². The number of anilines is 1. The van der Waals surface area contributed by atoms with Gasteiger partial charge in [0.05, 0.1) is 10.2 Å². The smallest absolute Gasteiger partial charge is 0.132 e. The molecule has 0 aliphatic heterocycles. The van der Waals surface area contributed by atoms with Crippen molar-refractivity contribution < 1.29 is 4.74 Å². The monoisotopic (exact) mass is 305 g/mol. The van der Waals surface area contributed by atoms with Crippen molar-refractivity contribution in [2.75, 3.05) is 12.3 Å². The van der Waals surface area contributed by atoms with Gasteiger partial charge in [0.15, 0.2) is 0 Å². The second-order valence-electron chi connectivity index (χ2n) is 3.72.